The minimum absolute atomic E-state index is 0.0108. The molecule has 0 bridgehead atoms. The van der Waals surface area contributed by atoms with Gasteiger partial charge in [0, 0.05) is 28.3 Å². The van der Waals surface area contributed by atoms with Crippen LogP contribution >= 0.6 is 11.8 Å². The van der Waals surface area contributed by atoms with Crippen LogP contribution in [-0.2, 0) is 15.2 Å². The minimum atomic E-state index is -0.381. The van der Waals surface area contributed by atoms with Crippen LogP contribution in [0.25, 0.3) is 10.9 Å². The minimum Gasteiger partial charge on any atom is -0.465 e. The Morgan fingerprint density at radius 3 is 2.71 bits per heavy atom. The van der Waals surface area contributed by atoms with Crippen LogP contribution in [0.4, 0.5) is 11.4 Å². The predicted molar refractivity (Wildman–Crippen MR) is 140 cm³/mol. The third-order valence-electron chi connectivity index (χ3n) is 5.93. The number of pyridine rings is 1. The van der Waals surface area contributed by atoms with E-state index in [9.17, 15) is 4.79 Å². The summed E-state index contributed by atoms with van der Waals surface area (Å²) in [6, 6.07) is 26.2. The number of morpholine rings is 1. The third-order valence-corrected chi connectivity index (χ3v) is 6.99. The van der Waals surface area contributed by atoms with E-state index in [1.165, 1.54) is 12.7 Å². The molecule has 6 nitrogen and oxygen atoms in total. The Kier molecular flexibility index (Phi) is 7.28. The second-order valence-corrected chi connectivity index (χ2v) is 9.34. The molecule has 2 heterocycles. The molecule has 178 valence electrons. The zero-order valence-electron chi connectivity index (χ0n) is 19.5. The molecule has 0 radical (unpaired) electrons. The second kappa shape index (κ2) is 10.9. The molecule has 1 saturated heterocycles. The summed E-state index contributed by atoms with van der Waals surface area (Å²) in [5.41, 5.74) is 5.12. The molecule has 1 aliphatic rings. The lowest BCUT2D eigenvalue weighted by Crippen LogP contribution is -2.35. The van der Waals surface area contributed by atoms with Gasteiger partial charge in [-0.25, -0.2) is 4.79 Å². The first kappa shape index (κ1) is 23.4. The molecule has 1 aliphatic heterocycles. The van der Waals surface area contributed by atoms with Crippen molar-refractivity contribution in [3.63, 3.8) is 0 Å². The van der Waals surface area contributed by atoms with Gasteiger partial charge in [-0.05, 0) is 42.0 Å². The van der Waals surface area contributed by atoms with E-state index in [-0.39, 0.29) is 12.0 Å². The van der Waals surface area contributed by atoms with Crippen molar-refractivity contribution in [3.8, 4) is 0 Å². The van der Waals surface area contributed by atoms with Crippen LogP contribution in [0.1, 0.15) is 27.7 Å². The van der Waals surface area contributed by atoms with E-state index in [0.717, 1.165) is 39.5 Å². The van der Waals surface area contributed by atoms with Gasteiger partial charge in [0.05, 0.1) is 48.8 Å². The maximum Gasteiger partial charge on any atom is 0.339 e. The second-order valence-electron chi connectivity index (χ2n) is 8.29. The van der Waals surface area contributed by atoms with Crippen LogP contribution in [0.5, 0.6) is 0 Å². The van der Waals surface area contributed by atoms with Crippen LogP contribution in [-0.4, -0.2) is 37.8 Å². The number of ether oxygens (including phenoxy) is 2. The van der Waals surface area contributed by atoms with Gasteiger partial charge < -0.3 is 20.1 Å². The molecule has 35 heavy (non-hydrogen) atoms. The summed E-state index contributed by atoms with van der Waals surface area (Å²) in [6.07, 6.45) is 0. The van der Waals surface area contributed by atoms with E-state index in [1.54, 1.807) is 17.8 Å². The molecular weight excluding hydrogens is 458 g/mol. The fourth-order valence-corrected chi connectivity index (χ4v) is 5.01. The van der Waals surface area contributed by atoms with Crippen molar-refractivity contribution >= 4 is 40.0 Å². The predicted octanol–water partition coefficient (Wildman–Crippen LogP) is 5.72. The number of carbonyl (C=O) groups excluding carboxylic acids is 1. The number of anilines is 2. The molecule has 0 saturated carbocycles. The lowest BCUT2D eigenvalue weighted by molar-refractivity contribution is 0.0602. The standard InChI is InChI=1S/C28H27N3O3S/c1-33-28(32)21-9-5-6-10-23(21)30-25-16-26(27-17-34-14-13-29-27)31-24-12-11-20(15-22(24)25)35-18-19-7-3-2-4-8-19/h2-12,15-16,27,29H,13-14,17-18H2,1H3,(H,30,31). The number of carbonyl (C=O) groups is 1. The fourth-order valence-electron chi connectivity index (χ4n) is 4.12. The van der Waals surface area contributed by atoms with E-state index >= 15 is 0 Å². The quantitative estimate of drug-likeness (QED) is 0.256. The molecule has 5 rings (SSSR count). The Labute approximate surface area is 209 Å². The molecule has 1 aromatic heterocycles. The molecule has 1 fully saturated rings. The van der Waals surface area contributed by atoms with Crippen molar-refractivity contribution in [2.24, 2.45) is 0 Å². The van der Waals surface area contributed by atoms with Gasteiger partial charge in [-0.15, -0.1) is 11.8 Å². The average Bonchev–Trinajstić information content (AvgIpc) is 2.93. The molecule has 2 N–H and O–H groups in total. The molecule has 1 unspecified atom stereocenters. The van der Waals surface area contributed by atoms with Crippen molar-refractivity contribution in [3.05, 3.63) is 95.7 Å². The smallest absolute Gasteiger partial charge is 0.339 e. The molecule has 7 heteroatoms. The maximum absolute atomic E-state index is 12.4. The first-order valence-corrected chi connectivity index (χ1v) is 12.6. The van der Waals surface area contributed by atoms with Crippen molar-refractivity contribution in [2.75, 3.05) is 32.2 Å². The number of esters is 1. The highest BCUT2D eigenvalue weighted by atomic mass is 32.2. The molecule has 1 atom stereocenters. The number of thioether (sulfide) groups is 1. The van der Waals surface area contributed by atoms with E-state index < -0.39 is 0 Å². The van der Waals surface area contributed by atoms with Gasteiger partial charge in [0.15, 0.2) is 0 Å². The van der Waals surface area contributed by atoms with Gasteiger partial charge in [-0.3, -0.25) is 4.98 Å². The van der Waals surface area contributed by atoms with E-state index in [1.807, 2.05) is 30.3 Å². The highest BCUT2D eigenvalue weighted by molar-refractivity contribution is 7.98. The van der Waals surface area contributed by atoms with Crippen LogP contribution in [0.3, 0.4) is 0 Å². The van der Waals surface area contributed by atoms with Crippen LogP contribution in [0.2, 0.25) is 0 Å². The van der Waals surface area contributed by atoms with Gasteiger partial charge in [0.25, 0.3) is 0 Å². The lowest BCUT2D eigenvalue weighted by atomic mass is 10.1. The van der Waals surface area contributed by atoms with Gasteiger partial charge in [0.2, 0.25) is 0 Å². The molecule has 4 aromatic rings. The monoisotopic (exact) mass is 485 g/mol. The third kappa shape index (κ3) is 5.48. The number of nitrogens with one attached hydrogen (secondary N) is 2. The van der Waals surface area contributed by atoms with Crippen molar-refractivity contribution in [1.82, 2.24) is 10.3 Å². The molecule has 3 aromatic carbocycles. The number of benzene rings is 3. The number of aromatic nitrogens is 1. The molecule has 0 spiro atoms. The molecule has 0 amide bonds. The summed E-state index contributed by atoms with van der Waals surface area (Å²) in [7, 11) is 1.39. The van der Waals surface area contributed by atoms with Gasteiger partial charge in [0.1, 0.15) is 0 Å². The van der Waals surface area contributed by atoms with E-state index in [4.69, 9.17) is 14.5 Å². The van der Waals surface area contributed by atoms with Crippen LogP contribution < -0.4 is 10.6 Å². The number of nitrogens with zero attached hydrogens (tertiary/aromatic N) is 1. The van der Waals surface area contributed by atoms with Crippen LogP contribution in [0, 0.1) is 0 Å². The number of para-hydroxylation sites is 1. The van der Waals surface area contributed by atoms with Crippen molar-refractivity contribution < 1.29 is 14.3 Å². The largest absolute Gasteiger partial charge is 0.465 e. The highest BCUT2D eigenvalue weighted by Crippen LogP contribution is 2.34. The topological polar surface area (TPSA) is 72.5 Å². The Morgan fingerprint density at radius 1 is 1.09 bits per heavy atom. The fraction of sp³-hybridized carbons (Fsp3) is 0.214. The number of hydrogen-bond acceptors (Lipinski definition) is 7. The summed E-state index contributed by atoms with van der Waals surface area (Å²) in [6.45, 7) is 2.05. The molecule has 0 aliphatic carbocycles. The van der Waals surface area contributed by atoms with E-state index in [0.29, 0.717) is 24.5 Å². The number of methoxy groups -OCH3 is 1. The van der Waals surface area contributed by atoms with Gasteiger partial charge >= 0.3 is 5.97 Å². The zero-order valence-corrected chi connectivity index (χ0v) is 20.3. The SMILES string of the molecule is COC(=O)c1ccccc1Nc1cc(C2COCCN2)nc2ccc(SCc3ccccc3)cc12. The summed E-state index contributed by atoms with van der Waals surface area (Å²) in [4.78, 5) is 18.5. The maximum atomic E-state index is 12.4. The average molecular weight is 486 g/mol. The highest BCUT2D eigenvalue weighted by Gasteiger charge is 2.20. The molecular formula is C28H27N3O3S. The first-order chi connectivity index (χ1) is 17.2. The zero-order chi connectivity index (χ0) is 24.0. The summed E-state index contributed by atoms with van der Waals surface area (Å²) >= 11 is 1.79. The van der Waals surface area contributed by atoms with Crippen LogP contribution in [0.15, 0.2) is 83.8 Å². The van der Waals surface area contributed by atoms with Gasteiger partial charge in [-0.1, -0.05) is 42.5 Å². The Bertz CT molecular complexity index is 1320. The summed E-state index contributed by atoms with van der Waals surface area (Å²) in [5, 5.41) is 7.97. The first-order valence-electron chi connectivity index (χ1n) is 11.6. The Hall–Kier alpha value is -3.39. The summed E-state index contributed by atoms with van der Waals surface area (Å²) in [5.74, 6) is 0.503. The number of hydrogen-bond donors (Lipinski definition) is 2. The van der Waals surface area contributed by atoms with Gasteiger partial charge in [-0.2, -0.15) is 0 Å². The lowest BCUT2D eigenvalue weighted by Gasteiger charge is -2.24. The van der Waals surface area contributed by atoms with Crippen molar-refractivity contribution in [2.45, 2.75) is 16.7 Å². The number of rotatable bonds is 7. The van der Waals surface area contributed by atoms with Crippen molar-refractivity contribution in [1.29, 1.82) is 0 Å². The Balaban J connectivity index is 1.53. The number of fused-ring (bicyclic) bond motifs is 1. The normalized spacial score (nSPS) is 15.6. The summed E-state index contributed by atoms with van der Waals surface area (Å²) < 4.78 is 10.7. The Morgan fingerprint density at radius 2 is 1.91 bits per heavy atom. The van der Waals surface area contributed by atoms with E-state index in [2.05, 4.69) is 53.1 Å².